The predicted molar refractivity (Wildman–Crippen MR) is 99.2 cm³/mol. The summed E-state index contributed by atoms with van der Waals surface area (Å²) in [6.45, 7) is 0. The SMILES string of the molecule is O=C([O-])CCCCc1ccc(CCCCCCc2ccccc2)s1.[Na+]. The molecule has 2 rings (SSSR count). The van der Waals surface area contributed by atoms with E-state index in [0.29, 0.717) is 0 Å². The van der Waals surface area contributed by atoms with Gasteiger partial charge in [0, 0.05) is 15.7 Å². The Hall–Kier alpha value is -0.610. The zero-order valence-electron chi connectivity index (χ0n) is 15.3. The fourth-order valence-corrected chi connectivity index (χ4v) is 3.99. The van der Waals surface area contributed by atoms with Crippen LogP contribution in [0.3, 0.4) is 0 Å². The average molecular weight is 367 g/mol. The van der Waals surface area contributed by atoms with Gasteiger partial charge in [0.1, 0.15) is 0 Å². The number of hydrogen-bond acceptors (Lipinski definition) is 3. The maximum atomic E-state index is 10.4. The fourth-order valence-electron chi connectivity index (χ4n) is 2.89. The van der Waals surface area contributed by atoms with E-state index in [1.165, 1.54) is 53.8 Å². The first kappa shape index (κ1) is 22.4. The zero-order valence-corrected chi connectivity index (χ0v) is 18.2. The van der Waals surface area contributed by atoms with Crippen LogP contribution in [0, 0.1) is 0 Å². The van der Waals surface area contributed by atoms with Gasteiger partial charge in [-0.2, -0.15) is 0 Å². The molecule has 1 aromatic carbocycles. The molecular weight excluding hydrogens is 339 g/mol. The summed E-state index contributed by atoms with van der Waals surface area (Å²) in [6.07, 6.45) is 10.3. The number of carboxylic acids is 1. The first-order valence-electron chi connectivity index (χ1n) is 9.05. The second kappa shape index (κ2) is 13.6. The predicted octanol–water partition coefficient (Wildman–Crippen LogP) is 1.56. The molecule has 0 spiro atoms. The number of rotatable bonds is 12. The Morgan fingerprint density at radius 2 is 1.32 bits per heavy atom. The first-order valence-corrected chi connectivity index (χ1v) is 9.87. The summed E-state index contributed by atoms with van der Waals surface area (Å²) in [5, 5.41) is 10.4. The minimum absolute atomic E-state index is 0. The van der Waals surface area contributed by atoms with Crippen LogP contribution in [0.5, 0.6) is 0 Å². The van der Waals surface area contributed by atoms with Crippen molar-refractivity contribution in [1.29, 1.82) is 0 Å². The van der Waals surface area contributed by atoms with E-state index >= 15 is 0 Å². The molecular formula is C21H27NaO2S. The summed E-state index contributed by atoms with van der Waals surface area (Å²) in [7, 11) is 0. The van der Waals surface area contributed by atoms with E-state index in [-0.39, 0.29) is 36.0 Å². The van der Waals surface area contributed by atoms with Gasteiger partial charge < -0.3 is 9.90 Å². The van der Waals surface area contributed by atoms with Crippen molar-refractivity contribution in [2.45, 2.75) is 64.2 Å². The molecule has 130 valence electrons. The summed E-state index contributed by atoms with van der Waals surface area (Å²) in [6, 6.07) is 15.2. The molecule has 25 heavy (non-hydrogen) atoms. The van der Waals surface area contributed by atoms with Crippen molar-refractivity contribution in [1.82, 2.24) is 0 Å². The van der Waals surface area contributed by atoms with E-state index in [1.54, 1.807) is 0 Å². The van der Waals surface area contributed by atoms with Crippen LogP contribution in [-0.4, -0.2) is 5.97 Å². The molecule has 0 atom stereocenters. The summed E-state index contributed by atoms with van der Waals surface area (Å²) in [5.74, 6) is -0.936. The molecule has 0 saturated heterocycles. The number of thiophene rings is 1. The van der Waals surface area contributed by atoms with Crippen molar-refractivity contribution < 1.29 is 39.5 Å². The maximum Gasteiger partial charge on any atom is 1.00 e. The number of carboxylic acid groups (broad SMARTS) is 1. The second-order valence-electron chi connectivity index (χ2n) is 6.35. The van der Waals surface area contributed by atoms with Crippen molar-refractivity contribution in [3.8, 4) is 0 Å². The number of benzene rings is 1. The van der Waals surface area contributed by atoms with Crippen LogP contribution in [0.2, 0.25) is 0 Å². The molecule has 0 bridgehead atoms. The Bertz CT molecular complexity index is 595. The zero-order chi connectivity index (χ0) is 17.0. The molecule has 1 heterocycles. The molecule has 0 aliphatic heterocycles. The minimum atomic E-state index is -0.936. The van der Waals surface area contributed by atoms with Gasteiger partial charge in [-0.05, 0) is 69.1 Å². The van der Waals surface area contributed by atoms with E-state index in [0.717, 1.165) is 19.3 Å². The van der Waals surface area contributed by atoms with Gasteiger partial charge in [0.25, 0.3) is 0 Å². The normalized spacial score (nSPS) is 10.4. The standard InChI is InChI=1S/C21H28O2S.Na/c22-21(23)15-9-8-14-20-17-16-19(24-20)13-7-2-1-4-10-18-11-5-3-6-12-18;/h3,5-6,11-12,16-17H,1-2,4,7-10,13-15H2,(H,22,23);/q;+1/p-1. The molecule has 1 aromatic heterocycles. The van der Waals surface area contributed by atoms with Gasteiger partial charge in [0.2, 0.25) is 0 Å². The van der Waals surface area contributed by atoms with E-state index in [4.69, 9.17) is 0 Å². The van der Waals surface area contributed by atoms with Crippen molar-refractivity contribution in [2.24, 2.45) is 0 Å². The summed E-state index contributed by atoms with van der Waals surface area (Å²) >= 11 is 1.89. The number of carbonyl (C=O) groups excluding carboxylic acids is 1. The van der Waals surface area contributed by atoms with Crippen LogP contribution in [0.4, 0.5) is 0 Å². The number of aryl methyl sites for hydroxylation is 3. The molecule has 0 amide bonds. The average Bonchev–Trinajstić information content (AvgIpc) is 3.03. The Labute approximate surface area is 178 Å². The van der Waals surface area contributed by atoms with Gasteiger partial charge in [-0.3, -0.25) is 0 Å². The van der Waals surface area contributed by atoms with Gasteiger partial charge in [-0.1, -0.05) is 43.2 Å². The van der Waals surface area contributed by atoms with Crippen molar-refractivity contribution in [2.75, 3.05) is 0 Å². The van der Waals surface area contributed by atoms with Gasteiger partial charge in [-0.15, -0.1) is 11.3 Å². The van der Waals surface area contributed by atoms with Crippen LogP contribution in [0.15, 0.2) is 42.5 Å². The van der Waals surface area contributed by atoms with E-state index in [1.807, 2.05) is 11.3 Å². The third-order valence-corrected chi connectivity index (χ3v) is 5.46. The number of aliphatic carboxylic acids is 1. The Kier molecular flexibility index (Phi) is 12.2. The maximum absolute atomic E-state index is 10.4. The fraction of sp³-hybridized carbons (Fsp3) is 0.476. The molecule has 0 aliphatic rings. The van der Waals surface area contributed by atoms with Crippen molar-refractivity contribution in [3.63, 3.8) is 0 Å². The van der Waals surface area contributed by atoms with E-state index in [9.17, 15) is 9.90 Å². The van der Waals surface area contributed by atoms with Crippen LogP contribution in [0.25, 0.3) is 0 Å². The number of unbranched alkanes of at least 4 members (excludes halogenated alkanes) is 4. The second-order valence-corrected chi connectivity index (χ2v) is 7.60. The van der Waals surface area contributed by atoms with Crippen molar-refractivity contribution >= 4 is 17.3 Å². The van der Waals surface area contributed by atoms with Crippen LogP contribution >= 0.6 is 11.3 Å². The van der Waals surface area contributed by atoms with Crippen LogP contribution in [0.1, 0.15) is 60.3 Å². The molecule has 0 radical (unpaired) electrons. The third kappa shape index (κ3) is 10.2. The molecule has 0 saturated carbocycles. The summed E-state index contributed by atoms with van der Waals surface area (Å²) < 4.78 is 0. The Morgan fingerprint density at radius 1 is 0.760 bits per heavy atom. The van der Waals surface area contributed by atoms with E-state index < -0.39 is 5.97 Å². The first-order chi connectivity index (χ1) is 11.7. The van der Waals surface area contributed by atoms with E-state index in [2.05, 4.69) is 42.5 Å². The molecule has 0 aliphatic carbocycles. The van der Waals surface area contributed by atoms with Crippen LogP contribution < -0.4 is 34.7 Å². The smallest absolute Gasteiger partial charge is 0.550 e. The largest absolute Gasteiger partial charge is 1.00 e. The molecule has 2 nitrogen and oxygen atoms in total. The third-order valence-electron chi connectivity index (χ3n) is 4.25. The monoisotopic (exact) mass is 366 g/mol. The molecule has 0 N–H and O–H groups in total. The van der Waals surface area contributed by atoms with Crippen LogP contribution in [-0.2, 0) is 24.1 Å². The quantitative estimate of drug-likeness (QED) is 0.422. The summed E-state index contributed by atoms with van der Waals surface area (Å²) in [4.78, 5) is 13.2. The Morgan fingerprint density at radius 3 is 1.92 bits per heavy atom. The molecule has 4 heteroatoms. The van der Waals surface area contributed by atoms with Gasteiger partial charge >= 0.3 is 29.6 Å². The topological polar surface area (TPSA) is 40.1 Å². The van der Waals surface area contributed by atoms with Gasteiger partial charge in [-0.25, -0.2) is 0 Å². The minimum Gasteiger partial charge on any atom is -0.550 e. The number of hydrogen-bond donors (Lipinski definition) is 0. The Balaban J connectivity index is 0.00000312. The van der Waals surface area contributed by atoms with Gasteiger partial charge in [0.05, 0.1) is 0 Å². The molecule has 2 aromatic rings. The van der Waals surface area contributed by atoms with Crippen molar-refractivity contribution in [3.05, 3.63) is 57.8 Å². The number of carbonyl (C=O) groups is 1. The summed E-state index contributed by atoms with van der Waals surface area (Å²) in [5.41, 5.74) is 1.44. The molecule has 0 fully saturated rings. The molecule has 0 unspecified atom stereocenters. The van der Waals surface area contributed by atoms with Gasteiger partial charge in [0.15, 0.2) is 0 Å².